The lowest BCUT2D eigenvalue weighted by atomic mass is 10.2. The summed E-state index contributed by atoms with van der Waals surface area (Å²) in [6.45, 7) is 4.62. The van der Waals surface area contributed by atoms with E-state index < -0.39 is 6.10 Å². The van der Waals surface area contributed by atoms with Crippen LogP contribution in [-0.4, -0.2) is 33.1 Å². The molecule has 1 atom stereocenters. The number of nitrogens with zero attached hydrogens (tertiary/aromatic N) is 2. The molecule has 0 radical (unpaired) electrons. The van der Waals surface area contributed by atoms with Gasteiger partial charge in [-0.05, 0) is 37.6 Å². The molecule has 0 spiro atoms. The van der Waals surface area contributed by atoms with Crippen molar-refractivity contribution in [1.29, 1.82) is 0 Å². The van der Waals surface area contributed by atoms with Gasteiger partial charge in [-0.3, -0.25) is 9.36 Å². The molecule has 3 rings (SSSR count). The van der Waals surface area contributed by atoms with Gasteiger partial charge in [0.15, 0.2) is 5.16 Å². The number of aliphatic hydroxyl groups excluding tert-OH is 1. The fourth-order valence-corrected chi connectivity index (χ4v) is 3.63. The number of rotatable bonds is 7. The van der Waals surface area contributed by atoms with E-state index in [0.29, 0.717) is 28.4 Å². The van der Waals surface area contributed by atoms with Crippen LogP contribution in [0.1, 0.15) is 12.5 Å². The van der Waals surface area contributed by atoms with Crippen molar-refractivity contribution >= 4 is 22.7 Å². The molecule has 0 aliphatic carbocycles. The first-order valence-electron chi connectivity index (χ1n) is 8.59. The summed E-state index contributed by atoms with van der Waals surface area (Å²) >= 11 is 1.37. The van der Waals surface area contributed by atoms with Crippen LogP contribution in [0.3, 0.4) is 0 Å². The maximum Gasteiger partial charge on any atom is 0.262 e. The van der Waals surface area contributed by atoms with Crippen molar-refractivity contribution in [3.63, 3.8) is 0 Å². The SMILES string of the molecule is CCn1c(SC[C@@H](O)COc2ccccc2C)nc2ccccc2c1=O. The predicted molar refractivity (Wildman–Crippen MR) is 105 cm³/mol. The number of aromatic nitrogens is 2. The maximum atomic E-state index is 12.6. The van der Waals surface area contributed by atoms with Crippen LogP contribution in [-0.2, 0) is 6.54 Å². The first-order chi connectivity index (χ1) is 12.6. The summed E-state index contributed by atoms with van der Waals surface area (Å²) in [6, 6.07) is 15.0. The molecular formula is C20H22N2O3S. The van der Waals surface area contributed by atoms with Crippen LogP contribution < -0.4 is 10.3 Å². The minimum absolute atomic E-state index is 0.0498. The number of para-hydroxylation sites is 2. The van der Waals surface area contributed by atoms with Crippen LogP contribution in [0.15, 0.2) is 58.5 Å². The average Bonchev–Trinajstić information content (AvgIpc) is 2.66. The molecule has 0 aliphatic heterocycles. The van der Waals surface area contributed by atoms with Crippen LogP contribution in [0.25, 0.3) is 10.9 Å². The van der Waals surface area contributed by atoms with Crippen LogP contribution in [0.5, 0.6) is 5.75 Å². The lowest BCUT2D eigenvalue weighted by Gasteiger charge is -2.15. The smallest absolute Gasteiger partial charge is 0.262 e. The molecule has 5 nitrogen and oxygen atoms in total. The number of aliphatic hydroxyl groups is 1. The predicted octanol–water partition coefficient (Wildman–Crippen LogP) is 3.26. The Morgan fingerprint density at radius 1 is 1.19 bits per heavy atom. The number of aryl methyl sites for hydroxylation is 1. The van der Waals surface area contributed by atoms with Crippen molar-refractivity contribution in [2.45, 2.75) is 31.7 Å². The van der Waals surface area contributed by atoms with E-state index in [-0.39, 0.29) is 12.2 Å². The van der Waals surface area contributed by atoms with Crippen molar-refractivity contribution in [2.75, 3.05) is 12.4 Å². The van der Waals surface area contributed by atoms with E-state index in [0.717, 1.165) is 11.3 Å². The van der Waals surface area contributed by atoms with Crippen molar-refractivity contribution < 1.29 is 9.84 Å². The molecule has 1 N–H and O–H groups in total. The molecule has 1 heterocycles. The monoisotopic (exact) mass is 370 g/mol. The largest absolute Gasteiger partial charge is 0.491 e. The van der Waals surface area contributed by atoms with Crippen LogP contribution >= 0.6 is 11.8 Å². The Kier molecular flexibility index (Phi) is 5.96. The van der Waals surface area contributed by atoms with Gasteiger partial charge in [0.2, 0.25) is 0 Å². The molecule has 6 heteroatoms. The lowest BCUT2D eigenvalue weighted by molar-refractivity contribution is 0.126. The van der Waals surface area contributed by atoms with E-state index in [9.17, 15) is 9.90 Å². The third kappa shape index (κ3) is 4.08. The maximum absolute atomic E-state index is 12.6. The van der Waals surface area contributed by atoms with Crippen LogP contribution in [0, 0.1) is 6.92 Å². The number of thioether (sulfide) groups is 1. The molecule has 0 aliphatic rings. The molecule has 1 aromatic heterocycles. The highest BCUT2D eigenvalue weighted by molar-refractivity contribution is 7.99. The second-order valence-corrected chi connectivity index (χ2v) is 6.99. The normalized spacial score (nSPS) is 12.3. The Bertz CT molecular complexity index is 955. The number of hydrogen-bond donors (Lipinski definition) is 1. The summed E-state index contributed by atoms with van der Waals surface area (Å²) in [7, 11) is 0. The molecule has 2 aromatic carbocycles. The zero-order chi connectivity index (χ0) is 18.5. The van der Waals surface area contributed by atoms with Crippen molar-refractivity contribution in [1.82, 2.24) is 9.55 Å². The second kappa shape index (κ2) is 8.38. The number of ether oxygens (including phenoxy) is 1. The Balaban J connectivity index is 1.69. The topological polar surface area (TPSA) is 64.3 Å². The highest BCUT2D eigenvalue weighted by Gasteiger charge is 2.13. The van der Waals surface area contributed by atoms with E-state index in [1.54, 1.807) is 10.6 Å². The van der Waals surface area contributed by atoms with Gasteiger partial charge in [0.05, 0.1) is 17.0 Å². The number of hydrogen-bond acceptors (Lipinski definition) is 5. The van der Waals surface area contributed by atoms with E-state index >= 15 is 0 Å². The first-order valence-corrected chi connectivity index (χ1v) is 9.57. The van der Waals surface area contributed by atoms with Crippen LogP contribution in [0.2, 0.25) is 0 Å². The summed E-state index contributed by atoms with van der Waals surface area (Å²) in [4.78, 5) is 17.2. The van der Waals surface area contributed by atoms with Gasteiger partial charge in [-0.2, -0.15) is 0 Å². The molecule has 0 amide bonds. The molecule has 136 valence electrons. The number of benzene rings is 2. The van der Waals surface area contributed by atoms with Crippen LogP contribution in [0.4, 0.5) is 0 Å². The molecule has 0 fully saturated rings. The number of fused-ring (bicyclic) bond motifs is 1. The van der Waals surface area contributed by atoms with Gasteiger partial charge >= 0.3 is 0 Å². The Labute approximate surface area is 156 Å². The van der Waals surface area contributed by atoms with E-state index in [2.05, 4.69) is 4.98 Å². The van der Waals surface area contributed by atoms with Crippen molar-refractivity contribution in [3.05, 3.63) is 64.4 Å². The first kappa shape index (κ1) is 18.5. The molecule has 0 saturated carbocycles. The Morgan fingerprint density at radius 3 is 2.69 bits per heavy atom. The lowest BCUT2D eigenvalue weighted by Crippen LogP contribution is -2.24. The minimum atomic E-state index is -0.659. The highest BCUT2D eigenvalue weighted by Crippen LogP contribution is 2.20. The molecule has 0 saturated heterocycles. The van der Waals surface area contributed by atoms with E-state index in [4.69, 9.17) is 4.74 Å². The molecule has 0 bridgehead atoms. The van der Waals surface area contributed by atoms with Crippen molar-refractivity contribution in [2.24, 2.45) is 0 Å². The van der Waals surface area contributed by atoms with Gasteiger partial charge in [0.1, 0.15) is 12.4 Å². The van der Waals surface area contributed by atoms with Gasteiger partial charge in [-0.1, -0.05) is 42.1 Å². The fraction of sp³-hybridized carbons (Fsp3) is 0.300. The van der Waals surface area contributed by atoms with Crippen molar-refractivity contribution in [3.8, 4) is 5.75 Å². The minimum Gasteiger partial charge on any atom is -0.491 e. The Hall–Kier alpha value is -2.31. The summed E-state index contributed by atoms with van der Waals surface area (Å²) in [5.74, 6) is 1.17. The summed E-state index contributed by atoms with van der Waals surface area (Å²) in [5.41, 5.74) is 1.66. The van der Waals surface area contributed by atoms with E-state index in [1.807, 2.05) is 56.3 Å². The highest BCUT2D eigenvalue weighted by atomic mass is 32.2. The quantitative estimate of drug-likeness (QED) is 0.511. The third-order valence-electron chi connectivity index (χ3n) is 4.07. The van der Waals surface area contributed by atoms with Gasteiger partial charge in [-0.25, -0.2) is 4.98 Å². The van der Waals surface area contributed by atoms with Gasteiger partial charge in [0.25, 0.3) is 5.56 Å². The summed E-state index contributed by atoms with van der Waals surface area (Å²) in [6.07, 6.45) is -0.659. The second-order valence-electron chi connectivity index (χ2n) is 6.00. The van der Waals surface area contributed by atoms with Gasteiger partial charge in [0, 0.05) is 12.3 Å². The molecule has 3 aromatic rings. The summed E-state index contributed by atoms with van der Waals surface area (Å²) in [5, 5.41) is 11.5. The summed E-state index contributed by atoms with van der Waals surface area (Å²) < 4.78 is 7.33. The van der Waals surface area contributed by atoms with Gasteiger partial charge < -0.3 is 9.84 Å². The third-order valence-corrected chi connectivity index (χ3v) is 5.19. The zero-order valence-electron chi connectivity index (χ0n) is 14.9. The standard InChI is InChI=1S/C20H22N2O3S/c1-3-22-19(24)16-9-5-6-10-17(16)21-20(22)26-13-15(23)12-25-18-11-7-4-8-14(18)2/h4-11,15,23H,3,12-13H2,1-2H3/t15-/m0/s1. The molecule has 26 heavy (non-hydrogen) atoms. The zero-order valence-corrected chi connectivity index (χ0v) is 15.7. The fourth-order valence-electron chi connectivity index (χ4n) is 2.66. The molecule has 0 unspecified atom stereocenters. The Morgan fingerprint density at radius 2 is 1.92 bits per heavy atom. The average molecular weight is 370 g/mol. The molecular weight excluding hydrogens is 348 g/mol. The van der Waals surface area contributed by atoms with Gasteiger partial charge in [-0.15, -0.1) is 0 Å². The van der Waals surface area contributed by atoms with E-state index in [1.165, 1.54) is 11.8 Å².